The smallest absolute Gasteiger partial charge is 0.238 e. The van der Waals surface area contributed by atoms with Gasteiger partial charge in [0.1, 0.15) is 12.2 Å². The van der Waals surface area contributed by atoms with Crippen molar-refractivity contribution < 1.29 is 13.2 Å². The monoisotopic (exact) mass is 505 g/mol. The second-order valence-corrected chi connectivity index (χ2v) is 8.72. The third-order valence-electron chi connectivity index (χ3n) is 5.58. The minimum Gasteiger partial charge on any atom is -0.238 e. The summed E-state index contributed by atoms with van der Waals surface area (Å²) in [4.78, 5) is 13.3. The molecule has 0 fully saturated rings. The van der Waals surface area contributed by atoms with E-state index in [1.165, 1.54) is 11.0 Å². The standard InChI is InChI=1S/C22H16Cl2F3N7/c1-11-3-6-17(28-9-11)34-21(29-10-30-34)19-12(2)31-18-8-16(22(25,26)27)32-33(18)20(19)13-4-5-14(23)15(24)7-13/h3-10,19-20H,1-2H3/t19?,20-/m1/s1. The van der Waals surface area contributed by atoms with E-state index < -0.39 is 23.8 Å². The summed E-state index contributed by atoms with van der Waals surface area (Å²) in [5, 5.41) is 8.79. The molecule has 0 radical (unpaired) electrons. The number of aryl methyl sites for hydroxylation is 1. The number of hydrogen-bond acceptors (Lipinski definition) is 5. The molecule has 2 atom stereocenters. The lowest BCUT2D eigenvalue weighted by molar-refractivity contribution is -0.141. The van der Waals surface area contributed by atoms with Gasteiger partial charge in [0.15, 0.2) is 17.3 Å². The van der Waals surface area contributed by atoms with Crippen LogP contribution in [0.1, 0.15) is 41.5 Å². The fraction of sp³-hybridized carbons (Fsp3) is 0.227. The van der Waals surface area contributed by atoms with E-state index in [9.17, 15) is 13.2 Å². The maximum atomic E-state index is 13.5. The average Bonchev–Trinajstić information content (AvgIpc) is 3.42. The van der Waals surface area contributed by atoms with Crippen molar-refractivity contribution in [1.29, 1.82) is 0 Å². The van der Waals surface area contributed by atoms with Crippen LogP contribution in [0.15, 0.2) is 53.9 Å². The van der Waals surface area contributed by atoms with Crippen molar-refractivity contribution in [1.82, 2.24) is 29.5 Å². The normalized spacial score (nSPS) is 18.0. The summed E-state index contributed by atoms with van der Waals surface area (Å²) in [6.45, 7) is 3.65. The molecule has 12 heteroatoms. The molecule has 7 nitrogen and oxygen atoms in total. The van der Waals surface area contributed by atoms with Gasteiger partial charge in [0, 0.05) is 18.0 Å². The highest BCUT2D eigenvalue weighted by atomic mass is 35.5. The number of aliphatic imine (C=N–C) groups is 1. The van der Waals surface area contributed by atoms with E-state index in [0.717, 1.165) is 11.6 Å². The Morgan fingerprint density at radius 1 is 0.971 bits per heavy atom. The SMILES string of the molecule is CC1=Nc2cc(C(F)(F)F)nn2[C@H](c2ccc(Cl)c(Cl)c2)C1c1ncnn1-c1ccc(C)cn1. The minimum absolute atomic E-state index is 0.0803. The third-order valence-corrected chi connectivity index (χ3v) is 6.32. The maximum absolute atomic E-state index is 13.5. The molecular formula is C22H16Cl2F3N7. The molecule has 34 heavy (non-hydrogen) atoms. The minimum atomic E-state index is -4.63. The van der Waals surface area contributed by atoms with Crippen molar-refractivity contribution in [3.05, 3.63) is 81.6 Å². The summed E-state index contributed by atoms with van der Waals surface area (Å²) < 4.78 is 43.3. The molecule has 3 aromatic heterocycles. The molecule has 174 valence electrons. The Morgan fingerprint density at radius 3 is 2.44 bits per heavy atom. The van der Waals surface area contributed by atoms with Crippen LogP contribution in [0.3, 0.4) is 0 Å². The van der Waals surface area contributed by atoms with Crippen LogP contribution in [0.25, 0.3) is 5.82 Å². The first-order valence-corrected chi connectivity index (χ1v) is 10.9. The van der Waals surface area contributed by atoms with Crippen LogP contribution in [0.2, 0.25) is 10.0 Å². The van der Waals surface area contributed by atoms with Crippen molar-refractivity contribution in [2.45, 2.75) is 32.0 Å². The Labute approximate surface area is 201 Å². The van der Waals surface area contributed by atoms with Crippen LogP contribution < -0.4 is 0 Å². The molecule has 0 N–H and O–H groups in total. The van der Waals surface area contributed by atoms with Gasteiger partial charge < -0.3 is 0 Å². The van der Waals surface area contributed by atoms with E-state index in [2.05, 4.69) is 25.2 Å². The van der Waals surface area contributed by atoms with Gasteiger partial charge in [-0.05, 0) is 43.2 Å². The van der Waals surface area contributed by atoms with Gasteiger partial charge in [0.05, 0.1) is 22.0 Å². The van der Waals surface area contributed by atoms with Crippen molar-refractivity contribution in [2.24, 2.45) is 4.99 Å². The van der Waals surface area contributed by atoms with Crippen LogP contribution in [-0.2, 0) is 6.18 Å². The highest BCUT2D eigenvalue weighted by molar-refractivity contribution is 6.42. The summed E-state index contributed by atoms with van der Waals surface area (Å²) in [6, 6.07) is 8.77. The van der Waals surface area contributed by atoms with Gasteiger partial charge in [-0.25, -0.2) is 19.6 Å². The van der Waals surface area contributed by atoms with Crippen LogP contribution >= 0.6 is 23.2 Å². The van der Waals surface area contributed by atoms with Gasteiger partial charge in [-0.1, -0.05) is 35.3 Å². The summed E-state index contributed by atoms with van der Waals surface area (Å²) >= 11 is 12.4. The molecule has 0 spiro atoms. The number of hydrogen-bond donors (Lipinski definition) is 0. The number of aromatic nitrogens is 6. The molecule has 0 saturated carbocycles. The Balaban J connectivity index is 1.72. The molecule has 1 aliphatic rings. The van der Waals surface area contributed by atoms with Crippen LogP contribution in [0, 0.1) is 6.92 Å². The first kappa shape index (κ1) is 22.5. The average molecular weight is 506 g/mol. The van der Waals surface area contributed by atoms with Crippen molar-refractivity contribution in [3.8, 4) is 5.82 Å². The Morgan fingerprint density at radius 2 is 1.76 bits per heavy atom. The molecule has 0 aliphatic carbocycles. The van der Waals surface area contributed by atoms with E-state index in [-0.39, 0.29) is 10.8 Å². The molecule has 1 aliphatic heterocycles. The molecule has 4 aromatic rings. The lowest BCUT2D eigenvalue weighted by Crippen LogP contribution is -2.31. The number of benzene rings is 1. The fourth-order valence-corrected chi connectivity index (χ4v) is 4.32. The zero-order chi connectivity index (χ0) is 24.2. The molecule has 0 bridgehead atoms. The van der Waals surface area contributed by atoms with E-state index >= 15 is 0 Å². The highest BCUT2D eigenvalue weighted by Crippen LogP contribution is 2.44. The van der Waals surface area contributed by atoms with Gasteiger partial charge in [-0.15, -0.1) is 0 Å². The molecule has 5 rings (SSSR count). The molecular weight excluding hydrogens is 490 g/mol. The van der Waals surface area contributed by atoms with E-state index in [1.54, 1.807) is 42.1 Å². The molecule has 1 aromatic carbocycles. The summed E-state index contributed by atoms with van der Waals surface area (Å²) in [7, 11) is 0. The number of rotatable bonds is 3. The zero-order valence-corrected chi connectivity index (χ0v) is 19.3. The number of halogens is 5. The van der Waals surface area contributed by atoms with Gasteiger partial charge >= 0.3 is 6.18 Å². The predicted octanol–water partition coefficient (Wildman–Crippen LogP) is 5.97. The summed E-state index contributed by atoms with van der Waals surface area (Å²) in [5.41, 5.74) is 1.07. The fourth-order valence-electron chi connectivity index (χ4n) is 4.01. The zero-order valence-electron chi connectivity index (χ0n) is 17.8. The van der Waals surface area contributed by atoms with Crippen molar-refractivity contribution in [2.75, 3.05) is 0 Å². The van der Waals surface area contributed by atoms with E-state index in [0.29, 0.717) is 27.9 Å². The lowest BCUT2D eigenvalue weighted by atomic mass is 9.87. The first-order chi connectivity index (χ1) is 16.1. The Bertz CT molecular complexity index is 1410. The van der Waals surface area contributed by atoms with Crippen molar-refractivity contribution >= 4 is 34.7 Å². The second-order valence-electron chi connectivity index (χ2n) is 7.90. The largest absolute Gasteiger partial charge is 0.435 e. The molecule has 4 heterocycles. The molecule has 0 amide bonds. The number of alkyl halides is 3. The van der Waals surface area contributed by atoms with E-state index in [4.69, 9.17) is 23.2 Å². The number of pyridine rings is 1. The lowest BCUT2D eigenvalue weighted by Gasteiger charge is -2.31. The van der Waals surface area contributed by atoms with Crippen molar-refractivity contribution in [3.63, 3.8) is 0 Å². The first-order valence-electron chi connectivity index (χ1n) is 10.1. The second kappa shape index (κ2) is 8.21. The predicted molar refractivity (Wildman–Crippen MR) is 121 cm³/mol. The van der Waals surface area contributed by atoms with Crippen LogP contribution in [0.5, 0.6) is 0 Å². The molecule has 0 saturated heterocycles. The Kier molecular flexibility index (Phi) is 5.44. The topological polar surface area (TPSA) is 73.8 Å². The quantitative estimate of drug-likeness (QED) is 0.343. The third kappa shape index (κ3) is 3.86. The summed E-state index contributed by atoms with van der Waals surface area (Å²) in [5.74, 6) is 0.428. The van der Waals surface area contributed by atoms with Crippen LogP contribution in [0.4, 0.5) is 19.0 Å². The summed E-state index contributed by atoms with van der Waals surface area (Å²) in [6.07, 6.45) is -1.56. The van der Waals surface area contributed by atoms with Gasteiger partial charge in [-0.2, -0.15) is 28.1 Å². The van der Waals surface area contributed by atoms with E-state index in [1.807, 2.05) is 13.0 Å². The molecule has 1 unspecified atom stereocenters. The Hall–Kier alpha value is -3.24. The van der Waals surface area contributed by atoms with Crippen LogP contribution in [-0.4, -0.2) is 35.2 Å². The number of nitrogens with zero attached hydrogens (tertiary/aromatic N) is 7. The maximum Gasteiger partial charge on any atom is 0.435 e. The highest BCUT2D eigenvalue weighted by Gasteiger charge is 2.42. The van der Waals surface area contributed by atoms with Gasteiger partial charge in [0.25, 0.3) is 0 Å². The number of fused-ring (bicyclic) bond motifs is 1. The van der Waals surface area contributed by atoms with Gasteiger partial charge in [0.2, 0.25) is 0 Å². The van der Waals surface area contributed by atoms with Gasteiger partial charge in [-0.3, -0.25) is 0 Å².